The predicted octanol–water partition coefficient (Wildman–Crippen LogP) is 4.49. The monoisotopic (exact) mass is 506 g/mol. The normalized spacial score (nSPS) is 11.5. The highest BCUT2D eigenvalue weighted by Crippen LogP contribution is 2.33. The van der Waals surface area contributed by atoms with Crippen molar-refractivity contribution in [3.05, 3.63) is 65.2 Å². The molecule has 4 rings (SSSR count). The van der Waals surface area contributed by atoms with E-state index in [1.165, 1.54) is 0 Å². The van der Waals surface area contributed by atoms with Crippen LogP contribution in [0.2, 0.25) is 0 Å². The van der Waals surface area contributed by atoms with Crippen molar-refractivity contribution >= 4 is 34.1 Å². The van der Waals surface area contributed by atoms with E-state index in [1.54, 1.807) is 28.8 Å². The van der Waals surface area contributed by atoms with E-state index in [9.17, 15) is 23.1 Å². The van der Waals surface area contributed by atoms with E-state index in [0.29, 0.717) is 29.5 Å². The van der Waals surface area contributed by atoms with Crippen molar-refractivity contribution < 1.29 is 23.1 Å². The molecule has 0 fully saturated rings. The van der Waals surface area contributed by atoms with Crippen molar-refractivity contribution in [2.24, 2.45) is 0 Å². The lowest BCUT2D eigenvalue weighted by molar-refractivity contribution is -0.138. The average Bonchev–Trinajstić information content (AvgIpc) is 3.44. The number of aryl methyl sites for hydroxylation is 1. The molecule has 176 valence electrons. The number of hydrogen-bond acceptors (Lipinski definition) is 8. The van der Waals surface area contributed by atoms with Gasteiger partial charge < -0.3 is 9.67 Å². The molecule has 0 aliphatic rings. The number of alkyl halides is 3. The Balaban J connectivity index is 1.49. The number of nitrogens with zero attached hydrogens (tertiary/aromatic N) is 5. The number of aromatic nitrogens is 5. The Labute approximate surface area is 199 Å². The van der Waals surface area contributed by atoms with Gasteiger partial charge in [0.1, 0.15) is 5.75 Å². The molecule has 1 amide bonds. The summed E-state index contributed by atoms with van der Waals surface area (Å²) in [6.45, 7) is 0.482. The standard InChI is InChI=1S/C21H17F3N6O2S2/c22-21(23,24)18-27-28-19(34-18)25-16(32)12-33-20-29-26-17(14-8-4-5-9-15(14)31)30(20)11-10-13-6-2-1-3-7-13/h1-9,31H,10-12H2,(H,25,28,32). The van der Waals surface area contributed by atoms with Crippen LogP contribution in [-0.2, 0) is 23.9 Å². The minimum Gasteiger partial charge on any atom is -0.507 e. The summed E-state index contributed by atoms with van der Waals surface area (Å²) in [7, 11) is 0. The number of carbonyl (C=O) groups is 1. The summed E-state index contributed by atoms with van der Waals surface area (Å²) in [6.07, 6.45) is -3.96. The van der Waals surface area contributed by atoms with Gasteiger partial charge in [-0.25, -0.2) is 0 Å². The maximum atomic E-state index is 12.7. The molecule has 0 saturated heterocycles. The number of benzene rings is 2. The number of amides is 1. The van der Waals surface area contributed by atoms with E-state index in [0.717, 1.165) is 17.3 Å². The van der Waals surface area contributed by atoms with Gasteiger partial charge in [-0.15, -0.1) is 20.4 Å². The number of carbonyl (C=O) groups excluding carboxylic acids is 1. The minimum absolute atomic E-state index is 0.0434. The summed E-state index contributed by atoms with van der Waals surface area (Å²) in [5.74, 6) is -0.208. The molecule has 0 bridgehead atoms. The molecule has 13 heteroatoms. The molecule has 0 aliphatic heterocycles. The number of nitrogens with one attached hydrogen (secondary N) is 1. The number of phenols is 1. The average molecular weight is 507 g/mol. The molecule has 2 aromatic carbocycles. The summed E-state index contributed by atoms with van der Waals surface area (Å²) < 4.78 is 39.8. The van der Waals surface area contributed by atoms with Gasteiger partial charge in [0.2, 0.25) is 16.0 Å². The van der Waals surface area contributed by atoms with Gasteiger partial charge in [0.05, 0.1) is 11.3 Å². The Morgan fingerprint density at radius 1 is 1.03 bits per heavy atom. The van der Waals surface area contributed by atoms with Gasteiger partial charge in [-0.1, -0.05) is 65.6 Å². The van der Waals surface area contributed by atoms with Crippen LogP contribution in [0.1, 0.15) is 10.6 Å². The third-order valence-electron chi connectivity index (χ3n) is 4.57. The Morgan fingerprint density at radius 2 is 1.76 bits per heavy atom. The molecule has 4 aromatic rings. The molecule has 0 spiro atoms. The Hall–Kier alpha value is -3.45. The molecular weight excluding hydrogens is 489 g/mol. The van der Waals surface area contributed by atoms with Crippen molar-refractivity contribution in [3.63, 3.8) is 0 Å². The SMILES string of the molecule is O=C(CSc1nnc(-c2ccccc2O)n1CCc1ccccc1)Nc1nnc(C(F)(F)F)s1. The van der Waals surface area contributed by atoms with E-state index < -0.39 is 17.1 Å². The first-order chi connectivity index (χ1) is 16.3. The fourth-order valence-electron chi connectivity index (χ4n) is 3.02. The van der Waals surface area contributed by atoms with E-state index >= 15 is 0 Å². The quantitative estimate of drug-likeness (QED) is 0.339. The van der Waals surface area contributed by atoms with Crippen molar-refractivity contribution in [3.8, 4) is 17.1 Å². The number of hydrogen-bond donors (Lipinski definition) is 2. The molecule has 2 N–H and O–H groups in total. The zero-order valence-electron chi connectivity index (χ0n) is 17.4. The lowest BCUT2D eigenvalue weighted by Crippen LogP contribution is -2.15. The first-order valence-corrected chi connectivity index (χ1v) is 11.7. The first-order valence-electron chi connectivity index (χ1n) is 9.90. The Morgan fingerprint density at radius 3 is 2.47 bits per heavy atom. The van der Waals surface area contributed by atoms with Crippen molar-refractivity contribution in [2.75, 3.05) is 11.1 Å². The van der Waals surface area contributed by atoms with E-state index in [1.807, 2.05) is 30.3 Å². The zero-order chi connectivity index (χ0) is 24.1. The molecule has 8 nitrogen and oxygen atoms in total. The maximum absolute atomic E-state index is 12.7. The molecule has 0 atom stereocenters. The first kappa shape index (κ1) is 23.7. The summed E-state index contributed by atoms with van der Waals surface area (Å²) in [5, 5.41) is 26.4. The lowest BCUT2D eigenvalue weighted by Gasteiger charge is -2.11. The van der Waals surface area contributed by atoms with Crippen LogP contribution in [0.25, 0.3) is 11.4 Å². The topological polar surface area (TPSA) is 106 Å². The zero-order valence-corrected chi connectivity index (χ0v) is 19.0. The minimum atomic E-state index is -4.62. The summed E-state index contributed by atoms with van der Waals surface area (Å²) in [6, 6.07) is 16.5. The van der Waals surface area contributed by atoms with Gasteiger partial charge in [0, 0.05) is 6.54 Å². The number of phenolic OH excluding ortho intramolecular Hbond substituents is 1. The highest BCUT2D eigenvalue weighted by Gasteiger charge is 2.35. The summed E-state index contributed by atoms with van der Waals surface area (Å²) in [5.41, 5.74) is 1.58. The molecule has 0 aliphatic carbocycles. The lowest BCUT2D eigenvalue weighted by atomic mass is 10.1. The molecule has 0 unspecified atom stereocenters. The van der Waals surface area contributed by atoms with Crippen molar-refractivity contribution in [1.82, 2.24) is 25.0 Å². The molecule has 2 aromatic heterocycles. The molecule has 0 saturated carbocycles. The van der Waals surface area contributed by atoms with Gasteiger partial charge in [-0.05, 0) is 24.1 Å². The smallest absolute Gasteiger partial charge is 0.445 e. The van der Waals surface area contributed by atoms with Gasteiger partial charge in [-0.3, -0.25) is 10.1 Å². The van der Waals surface area contributed by atoms with Crippen molar-refractivity contribution in [1.29, 1.82) is 0 Å². The second kappa shape index (κ2) is 10.2. The highest BCUT2D eigenvalue weighted by atomic mass is 32.2. The second-order valence-electron chi connectivity index (χ2n) is 6.96. The van der Waals surface area contributed by atoms with E-state index in [2.05, 4.69) is 25.7 Å². The molecule has 34 heavy (non-hydrogen) atoms. The number of anilines is 1. The van der Waals surface area contributed by atoms with Crippen molar-refractivity contribution in [2.45, 2.75) is 24.3 Å². The van der Waals surface area contributed by atoms with Gasteiger partial charge in [-0.2, -0.15) is 13.2 Å². The van der Waals surface area contributed by atoms with Crippen LogP contribution in [0.3, 0.4) is 0 Å². The van der Waals surface area contributed by atoms with Crippen LogP contribution in [0, 0.1) is 0 Å². The third-order valence-corrected chi connectivity index (χ3v) is 6.43. The van der Waals surface area contributed by atoms with Gasteiger partial charge in [0.25, 0.3) is 0 Å². The van der Waals surface area contributed by atoms with Crippen LogP contribution in [0.5, 0.6) is 5.75 Å². The van der Waals surface area contributed by atoms with Crippen LogP contribution in [-0.4, -0.2) is 41.7 Å². The van der Waals surface area contributed by atoms with Gasteiger partial charge >= 0.3 is 6.18 Å². The molecule has 2 heterocycles. The largest absolute Gasteiger partial charge is 0.507 e. The van der Waals surface area contributed by atoms with E-state index in [-0.39, 0.29) is 28.0 Å². The van der Waals surface area contributed by atoms with Gasteiger partial charge in [0.15, 0.2) is 11.0 Å². The fourth-order valence-corrected chi connectivity index (χ4v) is 4.41. The highest BCUT2D eigenvalue weighted by molar-refractivity contribution is 7.99. The second-order valence-corrected chi connectivity index (χ2v) is 8.88. The van der Waals surface area contributed by atoms with Crippen LogP contribution >= 0.6 is 23.1 Å². The number of thioether (sulfide) groups is 1. The van der Waals surface area contributed by atoms with E-state index in [4.69, 9.17) is 0 Å². The third kappa shape index (κ3) is 5.72. The number of halogens is 3. The summed E-state index contributed by atoms with van der Waals surface area (Å²) in [4.78, 5) is 12.3. The number of rotatable bonds is 8. The molecule has 0 radical (unpaired) electrons. The molecular formula is C21H17F3N6O2S2. The van der Waals surface area contributed by atoms with Crippen LogP contribution < -0.4 is 5.32 Å². The number of aromatic hydroxyl groups is 1. The summed E-state index contributed by atoms with van der Waals surface area (Å²) >= 11 is 1.33. The van der Waals surface area contributed by atoms with Crippen LogP contribution in [0.15, 0.2) is 59.8 Å². The maximum Gasteiger partial charge on any atom is 0.445 e. The van der Waals surface area contributed by atoms with Crippen LogP contribution in [0.4, 0.5) is 18.3 Å². The number of para-hydroxylation sites is 1. The Kier molecular flexibility index (Phi) is 7.12. The fraction of sp³-hybridized carbons (Fsp3) is 0.190. The Bertz CT molecular complexity index is 1280. The predicted molar refractivity (Wildman–Crippen MR) is 122 cm³/mol.